The molecule has 0 fully saturated rings. The second-order valence-electron chi connectivity index (χ2n) is 6.14. The Morgan fingerprint density at radius 2 is 1.76 bits per heavy atom. The topological polar surface area (TPSA) is 29.3 Å². The first kappa shape index (κ1) is 15.7. The normalized spacial score (nSPS) is 15.8. The van der Waals surface area contributed by atoms with E-state index in [-0.39, 0.29) is 0 Å². The van der Waals surface area contributed by atoms with Crippen LogP contribution in [0.1, 0.15) is 23.2 Å². The average Bonchev–Trinajstić information content (AvgIpc) is 3.13. The monoisotopic (exact) mass is 343 g/mol. The van der Waals surface area contributed by atoms with Crippen LogP contribution in [0.2, 0.25) is 0 Å². The quantitative estimate of drug-likeness (QED) is 0.638. The van der Waals surface area contributed by atoms with Crippen molar-refractivity contribution in [3.8, 4) is 0 Å². The van der Waals surface area contributed by atoms with Crippen LogP contribution >= 0.6 is 0 Å². The van der Waals surface area contributed by atoms with Crippen molar-refractivity contribution in [1.82, 2.24) is 4.57 Å². The molecule has 0 atom stereocenters. The number of nitrogens with zero attached hydrogens (tertiary/aromatic N) is 2. The molecular formula is C19H16F3N3. The van der Waals surface area contributed by atoms with Gasteiger partial charge in [-0.15, -0.1) is 0 Å². The summed E-state index contributed by atoms with van der Waals surface area (Å²) in [6, 6.07) is 13.1. The Bertz CT molecular complexity index is 966. The van der Waals surface area contributed by atoms with Gasteiger partial charge in [0.2, 0.25) is 0 Å². The van der Waals surface area contributed by atoms with E-state index in [4.69, 9.17) is 0 Å². The number of halogens is 3. The maximum absolute atomic E-state index is 12.6. The van der Waals surface area contributed by atoms with E-state index in [1.807, 2.05) is 12.1 Å². The summed E-state index contributed by atoms with van der Waals surface area (Å²) in [5.41, 5.74) is 7.15. The summed E-state index contributed by atoms with van der Waals surface area (Å²) in [4.78, 5) is 0. The highest BCUT2D eigenvalue weighted by atomic mass is 19.4. The second kappa shape index (κ2) is 5.65. The van der Waals surface area contributed by atoms with Gasteiger partial charge in [-0.2, -0.15) is 18.3 Å². The molecule has 0 spiro atoms. The first-order valence-electron chi connectivity index (χ1n) is 8.03. The van der Waals surface area contributed by atoms with E-state index >= 15 is 0 Å². The molecule has 0 unspecified atom stereocenters. The van der Waals surface area contributed by atoms with E-state index in [0.717, 1.165) is 36.5 Å². The van der Waals surface area contributed by atoms with Crippen LogP contribution in [0.4, 0.5) is 18.9 Å². The van der Waals surface area contributed by atoms with Crippen LogP contribution in [0, 0.1) is 6.92 Å². The van der Waals surface area contributed by atoms with Crippen LogP contribution in [-0.4, -0.2) is 10.3 Å². The number of hydrogen-bond acceptors (Lipinski definition) is 2. The molecule has 3 aromatic rings. The molecule has 0 aliphatic carbocycles. The Morgan fingerprint density at radius 3 is 2.48 bits per heavy atom. The number of alkyl halides is 3. The molecule has 128 valence electrons. The maximum Gasteiger partial charge on any atom is 0.416 e. The highest BCUT2D eigenvalue weighted by Gasteiger charge is 2.30. The van der Waals surface area contributed by atoms with Gasteiger partial charge in [-0.3, -0.25) is 5.43 Å². The molecule has 0 saturated carbocycles. The van der Waals surface area contributed by atoms with E-state index in [2.05, 4.69) is 34.2 Å². The molecule has 0 radical (unpaired) electrons. The van der Waals surface area contributed by atoms with Crippen LogP contribution in [-0.2, 0) is 12.7 Å². The predicted molar refractivity (Wildman–Crippen MR) is 92.9 cm³/mol. The lowest BCUT2D eigenvalue weighted by Gasteiger charge is -2.07. The molecule has 0 bridgehead atoms. The van der Waals surface area contributed by atoms with E-state index in [1.165, 1.54) is 28.6 Å². The van der Waals surface area contributed by atoms with E-state index in [9.17, 15) is 13.2 Å². The molecule has 1 aliphatic heterocycles. The third-order valence-corrected chi connectivity index (χ3v) is 4.60. The molecule has 1 aliphatic rings. The Morgan fingerprint density at radius 1 is 1.04 bits per heavy atom. The third-order valence-electron chi connectivity index (χ3n) is 4.60. The Hall–Kier alpha value is -2.76. The van der Waals surface area contributed by atoms with Crippen molar-refractivity contribution >= 4 is 22.3 Å². The molecule has 3 nitrogen and oxygen atoms in total. The average molecular weight is 343 g/mol. The summed E-state index contributed by atoms with van der Waals surface area (Å²) >= 11 is 0. The van der Waals surface area contributed by atoms with Crippen LogP contribution in [0.15, 0.2) is 53.6 Å². The number of hydrogen-bond donors (Lipinski definition) is 1. The van der Waals surface area contributed by atoms with Crippen molar-refractivity contribution in [2.45, 2.75) is 26.1 Å². The number of aromatic nitrogens is 1. The molecule has 0 saturated heterocycles. The third kappa shape index (κ3) is 2.67. The van der Waals surface area contributed by atoms with Crippen molar-refractivity contribution in [2.24, 2.45) is 5.10 Å². The number of benzene rings is 2. The Balaban J connectivity index is 1.63. The van der Waals surface area contributed by atoms with E-state index in [1.54, 1.807) is 0 Å². The number of fused-ring (bicyclic) bond motifs is 3. The number of hydrazone groups is 1. The molecule has 25 heavy (non-hydrogen) atoms. The van der Waals surface area contributed by atoms with Crippen molar-refractivity contribution in [3.63, 3.8) is 0 Å². The van der Waals surface area contributed by atoms with Gasteiger partial charge in [0.15, 0.2) is 0 Å². The lowest BCUT2D eigenvalue weighted by atomic mass is 10.1. The van der Waals surface area contributed by atoms with Crippen molar-refractivity contribution < 1.29 is 13.2 Å². The van der Waals surface area contributed by atoms with Gasteiger partial charge in [0.25, 0.3) is 0 Å². The van der Waals surface area contributed by atoms with Gasteiger partial charge < -0.3 is 4.57 Å². The van der Waals surface area contributed by atoms with Gasteiger partial charge >= 0.3 is 6.18 Å². The van der Waals surface area contributed by atoms with Crippen LogP contribution in [0.3, 0.4) is 0 Å². The molecule has 2 aromatic carbocycles. The summed E-state index contributed by atoms with van der Waals surface area (Å²) in [7, 11) is 0. The van der Waals surface area contributed by atoms with Crippen molar-refractivity contribution in [2.75, 3.05) is 5.43 Å². The summed E-state index contributed by atoms with van der Waals surface area (Å²) in [6.07, 6.45) is -3.53. The van der Waals surface area contributed by atoms with E-state index < -0.39 is 11.7 Å². The summed E-state index contributed by atoms with van der Waals surface area (Å²) in [5, 5.41) is 5.66. The zero-order chi connectivity index (χ0) is 17.6. The molecule has 4 rings (SSSR count). The number of rotatable bonds is 2. The molecule has 1 aromatic heterocycles. The maximum atomic E-state index is 12.6. The molecule has 2 heterocycles. The fraction of sp³-hybridized carbons (Fsp3) is 0.211. The SMILES string of the molecule is Cc1c2n(c3ccccc13)CC/C2=N\Nc1ccc(C(F)(F)F)cc1. The molecular weight excluding hydrogens is 327 g/mol. The van der Waals surface area contributed by atoms with Crippen LogP contribution < -0.4 is 5.43 Å². The Labute approximate surface area is 142 Å². The minimum absolute atomic E-state index is 0.535. The van der Waals surface area contributed by atoms with Crippen molar-refractivity contribution in [1.29, 1.82) is 0 Å². The summed E-state index contributed by atoms with van der Waals surface area (Å²) in [5.74, 6) is 0. The highest BCUT2D eigenvalue weighted by molar-refractivity contribution is 6.07. The smallest absolute Gasteiger partial charge is 0.339 e. The van der Waals surface area contributed by atoms with Gasteiger partial charge in [0.05, 0.1) is 22.7 Å². The minimum Gasteiger partial charge on any atom is -0.339 e. The fourth-order valence-electron chi connectivity index (χ4n) is 3.39. The standard InChI is InChI=1S/C19H16F3N3/c1-12-15-4-2-3-5-17(15)25-11-10-16(18(12)25)24-23-14-8-6-13(7-9-14)19(20,21)22/h2-9,23H,10-11H2,1H3/b24-16+. The van der Waals surface area contributed by atoms with Crippen LogP contribution in [0.5, 0.6) is 0 Å². The van der Waals surface area contributed by atoms with Crippen LogP contribution in [0.25, 0.3) is 10.9 Å². The van der Waals surface area contributed by atoms with Gasteiger partial charge in [-0.1, -0.05) is 18.2 Å². The number of anilines is 1. The highest BCUT2D eigenvalue weighted by Crippen LogP contribution is 2.32. The molecule has 6 heteroatoms. The second-order valence-corrected chi connectivity index (χ2v) is 6.14. The largest absolute Gasteiger partial charge is 0.416 e. The number of para-hydroxylation sites is 1. The molecule has 1 N–H and O–H groups in total. The van der Waals surface area contributed by atoms with Crippen molar-refractivity contribution in [3.05, 3.63) is 65.4 Å². The predicted octanol–water partition coefficient (Wildman–Crippen LogP) is 5.19. The molecule has 0 amide bonds. The minimum atomic E-state index is -4.33. The zero-order valence-electron chi connectivity index (χ0n) is 13.6. The van der Waals surface area contributed by atoms with Gasteiger partial charge in [-0.25, -0.2) is 0 Å². The number of aryl methyl sites for hydroxylation is 2. The summed E-state index contributed by atoms with van der Waals surface area (Å²) in [6.45, 7) is 2.93. The lowest BCUT2D eigenvalue weighted by Crippen LogP contribution is -2.05. The van der Waals surface area contributed by atoms with Gasteiger partial charge in [0.1, 0.15) is 0 Å². The first-order valence-corrected chi connectivity index (χ1v) is 8.03. The summed E-state index contributed by atoms with van der Waals surface area (Å²) < 4.78 is 40.1. The zero-order valence-corrected chi connectivity index (χ0v) is 13.6. The van der Waals surface area contributed by atoms with E-state index in [0.29, 0.717) is 5.69 Å². The fourth-order valence-corrected chi connectivity index (χ4v) is 3.39. The first-order chi connectivity index (χ1) is 11.9. The van der Waals surface area contributed by atoms with Gasteiger partial charge in [0, 0.05) is 23.9 Å². The number of nitrogens with one attached hydrogen (secondary N) is 1. The van der Waals surface area contributed by atoms with Gasteiger partial charge in [-0.05, 0) is 42.8 Å². The lowest BCUT2D eigenvalue weighted by molar-refractivity contribution is -0.137. The Kier molecular flexibility index (Phi) is 3.56.